The highest BCUT2D eigenvalue weighted by Gasteiger charge is 2.38. The van der Waals surface area contributed by atoms with E-state index in [0.717, 1.165) is 23.9 Å². The van der Waals surface area contributed by atoms with Crippen molar-refractivity contribution in [2.45, 2.75) is 25.1 Å². The van der Waals surface area contributed by atoms with Crippen LogP contribution in [0.2, 0.25) is 0 Å². The summed E-state index contributed by atoms with van der Waals surface area (Å²) in [6.45, 7) is 0.707. The molecule has 0 saturated carbocycles. The fourth-order valence-electron chi connectivity index (χ4n) is 3.03. The van der Waals surface area contributed by atoms with Gasteiger partial charge in [0.05, 0.1) is 11.3 Å². The Labute approximate surface area is 146 Å². The lowest BCUT2D eigenvalue weighted by Crippen LogP contribution is -2.48. The number of hydrogen-bond acceptors (Lipinski definition) is 4. The number of halogens is 3. The van der Waals surface area contributed by atoms with E-state index in [1.165, 1.54) is 21.9 Å². The second kappa shape index (κ2) is 6.70. The molecule has 0 spiro atoms. The zero-order valence-electron chi connectivity index (χ0n) is 13.1. The Balaban J connectivity index is 1.62. The molecule has 2 saturated heterocycles. The first-order valence-electron chi connectivity index (χ1n) is 7.73. The van der Waals surface area contributed by atoms with Crippen LogP contribution < -0.4 is 0 Å². The zero-order valence-corrected chi connectivity index (χ0v) is 13.9. The molecule has 2 fully saturated rings. The smallest absolute Gasteiger partial charge is 0.338 e. The summed E-state index contributed by atoms with van der Waals surface area (Å²) in [7, 11) is 0. The molecule has 0 unspecified atom stereocenters. The number of rotatable bonds is 2. The van der Waals surface area contributed by atoms with Crippen LogP contribution in [0.15, 0.2) is 24.3 Å². The predicted molar refractivity (Wildman–Crippen MR) is 85.1 cm³/mol. The van der Waals surface area contributed by atoms with Crippen LogP contribution in [0.4, 0.5) is 18.0 Å². The first-order chi connectivity index (χ1) is 11.8. The molecule has 134 valence electrons. The summed E-state index contributed by atoms with van der Waals surface area (Å²) < 4.78 is 37.7. The lowest BCUT2D eigenvalue weighted by Gasteiger charge is -2.35. The lowest BCUT2D eigenvalue weighted by atomic mass is 10.0. The molecule has 9 heteroatoms. The van der Waals surface area contributed by atoms with E-state index in [1.54, 1.807) is 0 Å². The molecule has 0 bridgehead atoms. The quantitative estimate of drug-likeness (QED) is 0.801. The molecule has 2 aliphatic rings. The van der Waals surface area contributed by atoms with E-state index in [1.807, 2.05) is 0 Å². The van der Waals surface area contributed by atoms with Crippen LogP contribution in [-0.2, 0) is 11.0 Å². The van der Waals surface area contributed by atoms with Gasteiger partial charge in [0.25, 0.3) is 11.1 Å². The summed E-state index contributed by atoms with van der Waals surface area (Å²) in [6.07, 6.45) is -3.48. The van der Waals surface area contributed by atoms with Crippen LogP contribution in [0.25, 0.3) is 0 Å². The normalized spacial score (nSPS) is 19.6. The maximum Gasteiger partial charge on any atom is 0.416 e. The van der Waals surface area contributed by atoms with Gasteiger partial charge in [-0.2, -0.15) is 13.2 Å². The molecule has 0 aliphatic carbocycles. The standard InChI is InChI=1S/C16H15F3N2O3S/c17-16(18,19)11-3-1-10(2-4-11)14(23)20-7-5-12(6-8-20)21-13(22)9-25-15(21)24/h1-4,12H,5-9H2. The highest BCUT2D eigenvalue weighted by molar-refractivity contribution is 8.14. The number of amides is 3. The largest absolute Gasteiger partial charge is 0.416 e. The van der Waals surface area contributed by atoms with Crippen molar-refractivity contribution in [3.63, 3.8) is 0 Å². The Bertz CT molecular complexity index is 682. The second-order valence-corrected chi connectivity index (χ2v) is 6.84. The van der Waals surface area contributed by atoms with Gasteiger partial charge in [-0.25, -0.2) is 0 Å². The van der Waals surface area contributed by atoms with Crippen LogP contribution in [0.3, 0.4) is 0 Å². The van der Waals surface area contributed by atoms with E-state index < -0.39 is 11.7 Å². The average Bonchev–Trinajstić information content (AvgIpc) is 2.92. The minimum Gasteiger partial charge on any atom is -0.338 e. The van der Waals surface area contributed by atoms with Gasteiger partial charge in [-0.3, -0.25) is 19.3 Å². The van der Waals surface area contributed by atoms with Crippen LogP contribution in [0.1, 0.15) is 28.8 Å². The van der Waals surface area contributed by atoms with Gasteiger partial charge in [0, 0.05) is 24.7 Å². The fourth-order valence-corrected chi connectivity index (χ4v) is 3.80. The third kappa shape index (κ3) is 3.65. The van der Waals surface area contributed by atoms with E-state index in [0.29, 0.717) is 25.9 Å². The van der Waals surface area contributed by atoms with E-state index in [4.69, 9.17) is 0 Å². The average molecular weight is 372 g/mol. The van der Waals surface area contributed by atoms with E-state index in [-0.39, 0.29) is 34.4 Å². The van der Waals surface area contributed by atoms with Gasteiger partial charge in [-0.1, -0.05) is 11.8 Å². The zero-order chi connectivity index (χ0) is 18.2. The van der Waals surface area contributed by atoms with Gasteiger partial charge >= 0.3 is 6.18 Å². The number of imide groups is 1. The monoisotopic (exact) mass is 372 g/mol. The number of benzene rings is 1. The molecule has 2 aliphatic heterocycles. The van der Waals surface area contributed by atoms with Crippen molar-refractivity contribution in [1.29, 1.82) is 0 Å². The van der Waals surface area contributed by atoms with Gasteiger partial charge in [-0.05, 0) is 37.1 Å². The van der Waals surface area contributed by atoms with E-state index in [9.17, 15) is 27.6 Å². The minimum atomic E-state index is -4.44. The van der Waals surface area contributed by atoms with Crippen molar-refractivity contribution in [3.05, 3.63) is 35.4 Å². The third-order valence-electron chi connectivity index (χ3n) is 4.36. The molecule has 1 aromatic rings. The maximum absolute atomic E-state index is 12.6. The van der Waals surface area contributed by atoms with Crippen LogP contribution >= 0.6 is 11.8 Å². The van der Waals surface area contributed by atoms with Crippen molar-refractivity contribution in [2.24, 2.45) is 0 Å². The number of hydrogen-bond donors (Lipinski definition) is 0. The van der Waals surface area contributed by atoms with Crippen molar-refractivity contribution in [1.82, 2.24) is 9.80 Å². The van der Waals surface area contributed by atoms with E-state index >= 15 is 0 Å². The Kier molecular flexibility index (Phi) is 4.77. The number of nitrogens with zero attached hydrogens (tertiary/aromatic N) is 2. The first-order valence-corrected chi connectivity index (χ1v) is 8.71. The summed E-state index contributed by atoms with van der Waals surface area (Å²) >= 11 is 0.979. The molecular formula is C16H15F3N2O3S. The van der Waals surface area contributed by atoms with Gasteiger partial charge in [0.15, 0.2) is 0 Å². The number of piperidine rings is 1. The molecule has 0 aromatic heterocycles. The van der Waals surface area contributed by atoms with Crippen LogP contribution in [0, 0.1) is 0 Å². The minimum absolute atomic E-state index is 0.156. The molecule has 3 amide bonds. The maximum atomic E-state index is 12.6. The topological polar surface area (TPSA) is 57.7 Å². The molecule has 25 heavy (non-hydrogen) atoms. The number of carbonyl (C=O) groups excluding carboxylic acids is 3. The molecule has 1 aromatic carbocycles. The summed E-state index contributed by atoms with van der Waals surface area (Å²) in [5, 5.41) is -0.252. The molecule has 0 atom stereocenters. The Hall–Kier alpha value is -2.03. The van der Waals surface area contributed by atoms with Crippen molar-refractivity contribution in [2.75, 3.05) is 18.8 Å². The number of alkyl halides is 3. The van der Waals surface area contributed by atoms with Crippen LogP contribution in [0.5, 0.6) is 0 Å². The molecule has 3 rings (SSSR count). The summed E-state index contributed by atoms with van der Waals surface area (Å²) in [6, 6.07) is 3.90. The molecular weight excluding hydrogens is 357 g/mol. The van der Waals surface area contributed by atoms with Gasteiger partial charge < -0.3 is 4.90 Å². The fraction of sp³-hybridized carbons (Fsp3) is 0.438. The predicted octanol–water partition coefficient (Wildman–Crippen LogP) is 3.01. The number of likely N-dealkylation sites (tertiary alicyclic amines) is 1. The SMILES string of the molecule is O=C(c1ccc(C(F)(F)F)cc1)N1CCC(N2C(=O)CSC2=O)CC1. The van der Waals surface area contributed by atoms with Gasteiger partial charge in [-0.15, -0.1) is 0 Å². The molecule has 0 N–H and O–H groups in total. The summed E-state index contributed by atoms with van der Waals surface area (Å²) in [4.78, 5) is 38.7. The van der Waals surface area contributed by atoms with Gasteiger partial charge in [0.2, 0.25) is 5.91 Å². The highest BCUT2D eigenvalue weighted by Crippen LogP contribution is 2.30. The third-order valence-corrected chi connectivity index (χ3v) is 5.20. The van der Waals surface area contributed by atoms with Crippen molar-refractivity contribution in [3.8, 4) is 0 Å². The van der Waals surface area contributed by atoms with E-state index in [2.05, 4.69) is 0 Å². The Morgan fingerprint density at radius 3 is 2.16 bits per heavy atom. The number of carbonyl (C=O) groups is 3. The Morgan fingerprint density at radius 1 is 1.08 bits per heavy atom. The van der Waals surface area contributed by atoms with Gasteiger partial charge in [0.1, 0.15) is 0 Å². The van der Waals surface area contributed by atoms with Crippen LogP contribution in [-0.4, -0.2) is 51.7 Å². The van der Waals surface area contributed by atoms with Crippen molar-refractivity contribution >= 4 is 28.8 Å². The number of thioether (sulfide) groups is 1. The second-order valence-electron chi connectivity index (χ2n) is 5.92. The molecule has 5 nitrogen and oxygen atoms in total. The lowest BCUT2D eigenvalue weighted by molar-refractivity contribution is -0.137. The highest BCUT2D eigenvalue weighted by atomic mass is 32.2. The summed E-state index contributed by atoms with van der Waals surface area (Å²) in [5.74, 6) is -0.396. The van der Waals surface area contributed by atoms with Crippen molar-refractivity contribution < 1.29 is 27.6 Å². The summed E-state index contributed by atoms with van der Waals surface area (Å²) in [5.41, 5.74) is -0.610. The first kappa shape index (κ1) is 17.8. The molecule has 0 radical (unpaired) electrons. The Morgan fingerprint density at radius 2 is 1.68 bits per heavy atom. The molecule has 2 heterocycles.